The SMILES string of the molecule is C=CCNC(=O)[C@H]1[C@@H]2C(=O)O[C@@H](c3ccccc3)[C@@H](c3ccccc3)N2[C@@H](c2ccc(OCCO)cc2)[C@]12C(=O)Nc1ccc(C#Cc3ccc(OC)cc3)cc12. The first-order valence-corrected chi connectivity index (χ1v) is 18.8. The van der Waals surface area contributed by atoms with Gasteiger partial charge in [0.1, 0.15) is 35.7 Å². The van der Waals surface area contributed by atoms with Crippen LogP contribution in [0.15, 0.2) is 140 Å². The van der Waals surface area contributed by atoms with Crippen LogP contribution in [0.5, 0.6) is 11.5 Å². The topological polar surface area (TPSA) is 126 Å². The molecule has 0 radical (unpaired) electrons. The van der Waals surface area contributed by atoms with E-state index in [0.717, 1.165) is 16.7 Å². The Bertz CT molecular complexity index is 2360. The van der Waals surface area contributed by atoms with Gasteiger partial charge in [0.05, 0.1) is 31.7 Å². The first kappa shape index (κ1) is 37.3. The van der Waals surface area contributed by atoms with Crippen LogP contribution in [0.4, 0.5) is 5.69 Å². The van der Waals surface area contributed by atoms with Gasteiger partial charge in [-0.3, -0.25) is 19.3 Å². The number of cyclic esters (lactones) is 1. The number of carbonyl (C=O) groups excluding carboxylic acids is 3. The number of amides is 2. The van der Waals surface area contributed by atoms with Gasteiger partial charge in [0.15, 0.2) is 0 Å². The molecule has 2 fully saturated rings. The molecule has 2 amide bonds. The van der Waals surface area contributed by atoms with Crippen LogP contribution in [0.2, 0.25) is 0 Å². The van der Waals surface area contributed by atoms with Crippen molar-refractivity contribution in [2.24, 2.45) is 5.92 Å². The summed E-state index contributed by atoms with van der Waals surface area (Å²) in [6, 6.07) is 36.7. The van der Waals surface area contributed by atoms with Gasteiger partial charge in [0.2, 0.25) is 11.8 Å². The predicted octanol–water partition coefficient (Wildman–Crippen LogP) is 6.04. The summed E-state index contributed by atoms with van der Waals surface area (Å²) in [6.07, 6.45) is 0.775. The number of anilines is 1. The number of fused-ring (bicyclic) bond motifs is 3. The van der Waals surface area contributed by atoms with E-state index in [1.54, 1.807) is 31.4 Å². The van der Waals surface area contributed by atoms with Crippen molar-refractivity contribution in [3.05, 3.63) is 173 Å². The summed E-state index contributed by atoms with van der Waals surface area (Å²) in [4.78, 5) is 47.0. The minimum absolute atomic E-state index is 0.100. The lowest BCUT2D eigenvalue weighted by Gasteiger charge is -2.46. The van der Waals surface area contributed by atoms with Crippen molar-refractivity contribution in [2.45, 2.75) is 29.6 Å². The number of hydrogen-bond donors (Lipinski definition) is 3. The smallest absolute Gasteiger partial charge is 0.324 e. The van der Waals surface area contributed by atoms with E-state index in [9.17, 15) is 14.7 Å². The fraction of sp³-hybridized carbons (Fsp3) is 0.213. The van der Waals surface area contributed by atoms with Crippen molar-refractivity contribution in [2.75, 3.05) is 32.2 Å². The zero-order valence-electron chi connectivity index (χ0n) is 31.3. The molecule has 1 spiro atoms. The lowest BCUT2D eigenvalue weighted by molar-refractivity contribution is -0.178. The Hall–Kier alpha value is -6.67. The third-order valence-corrected chi connectivity index (χ3v) is 11.0. The number of carbonyl (C=O) groups is 3. The van der Waals surface area contributed by atoms with E-state index < -0.39 is 53.3 Å². The molecule has 0 unspecified atom stereocenters. The van der Waals surface area contributed by atoms with Crippen molar-refractivity contribution in [3.8, 4) is 23.3 Å². The number of hydrogen-bond acceptors (Lipinski definition) is 8. The molecule has 2 saturated heterocycles. The fourth-order valence-electron chi connectivity index (χ4n) is 8.68. The molecule has 0 saturated carbocycles. The number of methoxy groups -OCH3 is 1. The second kappa shape index (κ2) is 15.8. The molecule has 0 bridgehead atoms. The lowest BCUT2D eigenvalue weighted by Crippen LogP contribution is -2.54. The van der Waals surface area contributed by atoms with Gasteiger partial charge >= 0.3 is 5.97 Å². The van der Waals surface area contributed by atoms with Gasteiger partial charge in [-0.15, -0.1) is 6.58 Å². The molecule has 0 aliphatic carbocycles. The molecule has 3 aliphatic heterocycles. The summed E-state index contributed by atoms with van der Waals surface area (Å²) < 4.78 is 17.5. The van der Waals surface area contributed by atoms with Crippen molar-refractivity contribution >= 4 is 23.5 Å². The Morgan fingerprint density at radius 1 is 0.860 bits per heavy atom. The Morgan fingerprint density at radius 2 is 1.51 bits per heavy atom. The van der Waals surface area contributed by atoms with Crippen molar-refractivity contribution in [1.82, 2.24) is 10.2 Å². The third-order valence-electron chi connectivity index (χ3n) is 11.0. The van der Waals surface area contributed by atoms with Crippen LogP contribution in [0.3, 0.4) is 0 Å². The molecule has 3 N–H and O–H groups in total. The number of aliphatic hydroxyl groups excluding tert-OH is 1. The normalized spacial score (nSPS) is 23.3. The van der Waals surface area contributed by atoms with Gasteiger partial charge in [-0.1, -0.05) is 90.7 Å². The van der Waals surface area contributed by atoms with Gasteiger partial charge < -0.3 is 30.0 Å². The highest BCUT2D eigenvalue weighted by atomic mass is 16.6. The van der Waals surface area contributed by atoms with Crippen LogP contribution in [0, 0.1) is 17.8 Å². The molecule has 5 aromatic carbocycles. The zero-order valence-corrected chi connectivity index (χ0v) is 31.3. The predicted molar refractivity (Wildman–Crippen MR) is 214 cm³/mol. The molecule has 8 rings (SSSR count). The standard InChI is InChI=1S/C47H41N3O7/c1-3-26-48-44(52)39-41-45(53)57-42(33-12-8-5-9-13-33)40(32-10-6-4-7-11-32)50(41)43(34-19-23-36(24-20-34)56-28-27-51)47(39)37-29-31(18-25-38(37)49-46(47)54)15-14-30-16-21-35(55-2)22-17-30/h3-13,16-25,29,39-43,51H,1,26-28H2,2H3,(H,48,52)(H,49,54)/t39-,40-,41-,42+,43+,47-/m1/s1. The van der Waals surface area contributed by atoms with E-state index in [1.807, 2.05) is 114 Å². The van der Waals surface area contributed by atoms with Crippen LogP contribution in [-0.2, 0) is 24.5 Å². The Kier molecular flexibility index (Phi) is 10.3. The third kappa shape index (κ3) is 6.61. The van der Waals surface area contributed by atoms with Crippen LogP contribution >= 0.6 is 0 Å². The van der Waals surface area contributed by atoms with E-state index in [-0.39, 0.29) is 19.8 Å². The Morgan fingerprint density at radius 3 is 2.18 bits per heavy atom. The van der Waals surface area contributed by atoms with Gasteiger partial charge in [0.25, 0.3) is 0 Å². The first-order chi connectivity index (χ1) is 27.9. The molecule has 3 heterocycles. The zero-order chi connectivity index (χ0) is 39.5. The van der Waals surface area contributed by atoms with E-state index in [1.165, 1.54) is 0 Å². The maximum Gasteiger partial charge on any atom is 0.324 e. The number of benzene rings is 5. The number of esters is 1. The second-order valence-electron chi connectivity index (χ2n) is 14.1. The van der Waals surface area contributed by atoms with Crippen LogP contribution in [0.1, 0.15) is 51.6 Å². The van der Waals surface area contributed by atoms with Gasteiger partial charge in [0, 0.05) is 23.4 Å². The average molecular weight is 760 g/mol. The largest absolute Gasteiger partial charge is 0.497 e. The number of morpholine rings is 1. The Labute approximate surface area is 331 Å². The number of nitrogens with zero attached hydrogens (tertiary/aromatic N) is 1. The van der Waals surface area contributed by atoms with Gasteiger partial charge in [-0.25, -0.2) is 0 Å². The van der Waals surface area contributed by atoms with Gasteiger partial charge in [-0.05, 0) is 76.9 Å². The van der Waals surface area contributed by atoms with E-state index in [2.05, 4.69) is 29.1 Å². The van der Waals surface area contributed by atoms with E-state index in [4.69, 9.17) is 14.2 Å². The average Bonchev–Trinajstić information content (AvgIpc) is 3.73. The van der Waals surface area contributed by atoms with Crippen molar-refractivity contribution in [3.63, 3.8) is 0 Å². The molecule has 10 heteroatoms. The lowest BCUT2D eigenvalue weighted by atomic mass is 9.65. The molecule has 0 aromatic heterocycles. The molecule has 10 nitrogen and oxygen atoms in total. The second-order valence-corrected chi connectivity index (χ2v) is 14.1. The minimum Gasteiger partial charge on any atom is -0.497 e. The summed E-state index contributed by atoms with van der Waals surface area (Å²) in [5.74, 6) is 4.92. The van der Waals surface area contributed by atoms with Crippen LogP contribution in [-0.4, -0.2) is 60.7 Å². The highest BCUT2D eigenvalue weighted by Crippen LogP contribution is 2.64. The van der Waals surface area contributed by atoms with Crippen molar-refractivity contribution in [1.29, 1.82) is 0 Å². The summed E-state index contributed by atoms with van der Waals surface area (Å²) in [7, 11) is 1.60. The number of ether oxygens (including phenoxy) is 3. The van der Waals surface area contributed by atoms with E-state index >= 15 is 4.79 Å². The summed E-state index contributed by atoms with van der Waals surface area (Å²) >= 11 is 0. The maximum absolute atomic E-state index is 15.2. The highest BCUT2D eigenvalue weighted by molar-refractivity contribution is 6.12. The van der Waals surface area contributed by atoms with Gasteiger partial charge in [-0.2, -0.15) is 0 Å². The monoisotopic (exact) mass is 759 g/mol. The minimum atomic E-state index is -1.66. The van der Waals surface area contributed by atoms with Crippen LogP contribution < -0.4 is 20.1 Å². The maximum atomic E-state index is 15.2. The molecule has 6 atom stereocenters. The summed E-state index contributed by atoms with van der Waals surface area (Å²) in [6.45, 7) is 3.86. The van der Waals surface area contributed by atoms with Crippen LogP contribution in [0.25, 0.3) is 0 Å². The Balaban J connectivity index is 1.39. The molecular formula is C47H41N3O7. The highest BCUT2D eigenvalue weighted by Gasteiger charge is 2.74. The van der Waals surface area contributed by atoms with E-state index in [0.29, 0.717) is 33.9 Å². The van der Waals surface area contributed by atoms with Crippen molar-refractivity contribution < 1.29 is 33.7 Å². The number of nitrogens with one attached hydrogen (secondary N) is 2. The molecule has 57 heavy (non-hydrogen) atoms. The molecule has 3 aliphatic rings. The number of aliphatic hydroxyl groups is 1. The molecular weight excluding hydrogens is 719 g/mol. The first-order valence-electron chi connectivity index (χ1n) is 18.8. The summed E-state index contributed by atoms with van der Waals surface area (Å²) in [5.41, 5.74) is 3.08. The number of rotatable bonds is 10. The summed E-state index contributed by atoms with van der Waals surface area (Å²) in [5, 5.41) is 15.5. The molecule has 286 valence electrons. The quantitative estimate of drug-likeness (QED) is 0.0895. The molecule has 5 aromatic rings. The fourth-order valence-corrected chi connectivity index (χ4v) is 8.68.